The van der Waals surface area contributed by atoms with Crippen LogP contribution in [0.25, 0.3) is 0 Å². The second kappa shape index (κ2) is 15.6. The second-order valence-corrected chi connectivity index (χ2v) is 2.86. The van der Waals surface area contributed by atoms with Crippen LogP contribution in [0.5, 0.6) is 0 Å². The number of rotatable bonds is 4. The number of hydrogen-bond donors (Lipinski definition) is 0. The van der Waals surface area contributed by atoms with Gasteiger partial charge in [-0.2, -0.15) is 0 Å². The van der Waals surface area contributed by atoms with E-state index in [-0.39, 0.29) is 0 Å². The minimum Gasteiger partial charge on any atom is -0.512 e. The van der Waals surface area contributed by atoms with Crippen LogP contribution in [-0.2, 0) is 0 Å². The molecule has 0 spiro atoms. The summed E-state index contributed by atoms with van der Waals surface area (Å²) >= 11 is 0.586. The van der Waals surface area contributed by atoms with E-state index in [4.69, 9.17) is 11.8 Å². The topological polar surface area (TPSA) is 23.8 Å². The summed E-state index contributed by atoms with van der Waals surface area (Å²) in [5.41, 5.74) is 0. The quantitative estimate of drug-likeness (QED) is 0.250. The fourth-order valence-electron chi connectivity index (χ4n) is 0.332. The largest absolute Gasteiger partial charge is 0.512 e. The molecule has 0 bridgehead atoms. The van der Waals surface area contributed by atoms with Crippen LogP contribution >= 0.6 is 0 Å². The van der Waals surface area contributed by atoms with Gasteiger partial charge in [-0.05, 0) is 0 Å². The number of hydrogen-bond acceptors (Lipinski definition) is 1. The molecule has 9 heavy (non-hydrogen) atoms. The Morgan fingerprint density at radius 3 is 1.78 bits per heavy atom. The van der Waals surface area contributed by atoms with Crippen molar-refractivity contribution in [2.45, 2.75) is 10.6 Å². The summed E-state index contributed by atoms with van der Waals surface area (Å²) in [7, 11) is 0. The van der Waals surface area contributed by atoms with Crippen LogP contribution in [0.1, 0.15) is 0 Å². The Kier molecular flexibility index (Phi) is 19.7. The fourth-order valence-corrected chi connectivity index (χ4v) is 0.996. The Bertz CT molecular complexity index is 78.2. The minimum absolute atomic E-state index is 0.586. The third-order valence-electron chi connectivity index (χ3n) is 0.667. The van der Waals surface area contributed by atoms with Crippen LogP contribution in [0.3, 0.4) is 0 Å². The third-order valence-corrected chi connectivity index (χ3v) is 2.00. The van der Waals surface area contributed by atoms with Gasteiger partial charge in [-0.25, -0.2) is 0 Å². The summed E-state index contributed by atoms with van der Waals surface area (Å²) < 4.78 is 0. The average molecular weight is 135 g/mol. The molecule has 2 heteroatoms. The van der Waals surface area contributed by atoms with Crippen LogP contribution in [0.15, 0.2) is 25.3 Å². The SMILES string of the molecule is C=C[CH2][Al+][CH2]C=C.[C-]#N. The maximum atomic E-state index is 6.25. The molecule has 0 heterocycles. The van der Waals surface area contributed by atoms with E-state index in [9.17, 15) is 0 Å². The van der Waals surface area contributed by atoms with Crippen LogP contribution < -0.4 is 0 Å². The standard InChI is InChI=1S/2C3H5.CN.Al/c2*1-3-2;1-2;/h2*3H,1-2H2;;/q;;-1;+1. The van der Waals surface area contributed by atoms with Crippen LogP contribution in [0.2, 0.25) is 10.6 Å². The Morgan fingerprint density at radius 2 is 1.56 bits per heavy atom. The minimum atomic E-state index is 0.586. The van der Waals surface area contributed by atoms with E-state index < -0.39 is 0 Å². The van der Waals surface area contributed by atoms with Crippen molar-refractivity contribution < 1.29 is 0 Å². The second-order valence-electron chi connectivity index (χ2n) is 1.34. The Labute approximate surface area is 63.4 Å². The number of nitrogens with zero attached hydrogens (tertiary/aromatic N) is 1. The van der Waals surface area contributed by atoms with Gasteiger partial charge in [0.2, 0.25) is 0 Å². The van der Waals surface area contributed by atoms with Crippen molar-refractivity contribution in [2.75, 3.05) is 0 Å². The summed E-state index contributed by atoms with van der Waals surface area (Å²) in [6, 6.07) is 0. The van der Waals surface area contributed by atoms with Gasteiger partial charge in [0.05, 0.1) is 0 Å². The van der Waals surface area contributed by atoms with Gasteiger partial charge in [0.15, 0.2) is 0 Å². The molecule has 46 valence electrons. The van der Waals surface area contributed by atoms with Crippen molar-refractivity contribution in [3.63, 3.8) is 0 Å². The van der Waals surface area contributed by atoms with Gasteiger partial charge < -0.3 is 11.8 Å². The van der Waals surface area contributed by atoms with E-state index in [0.29, 0.717) is 15.2 Å². The van der Waals surface area contributed by atoms with Gasteiger partial charge in [0.1, 0.15) is 0 Å². The predicted molar refractivity (Wildman–Crippen MR) is 40.7 cm³/mol. The van der Waals surface area contributed by atoms with Crippen LogP contribution in [0, 0.1) is 11.8 Å². The molecule has 0 saturated heterocycles. The van der Waals surface area contributed by atoms with Crippen molar-refractivity contribution in [3.8, 4) is 0 Å². The molecule has 0 aliphatic rings. The van der Waals surface area contributed by atoms with Gasteiger partial charge in [-0.3, -0.25) is 0 Å². The first-order valence-corrected chi connectivity index (χ1v) is 4.31. The summed E-state index contributed by atoms with van der Waals surface area (Å²) in [5.74, 6) is 0. The Balaban J connectivity index is 0. The van der Waals surface area contributed by atoms with Crippen molar-refractivity contribution in [3.05, 3.63) is 31.9 Å². The molecule has 0 unspecified atom stereocenters. The number of allylic oxidation sites excluding steroid dienone is 2. The zero-order valence-corrected chi connectivity index (χ0v) is 6.66. The molecule has 0 amide bonds. The molecule has 0 aromatic heterocycles. The summed E-state index contributed by atoms with van der Waals surface area (Å²) in [6.07, 6.45) is 3.94. The molecule has 0 N–H and O–H groups in total. The predicted octanol–water partition coefficient (Wildman–Crippen LogP) is 2.00. The molecule has 0 aromatic rings. The van der Waals surface area contributed by atoms with E-state index >= 15 is 0 Å². The molecule has 0 aromatic carbocycles. The zero-order chi connectivity index (χ0) is 7.54. The maximum absolute atomic E-state index is 6.25. The van der Waals surface area contributed by atoms with Gasteiger partial charge in [-0.1, -0.05) is 0 Å². The van der Waals surface area contributed by atoms with Crippen molar-refractivity contribution >= 4 is 15.2 Å². The maximum Gasteiger partial charge on any atom is -0.488 e. The van der Waals surface area contributed by atoms with E-state index in [2.05, 4.69) is 13.2 Å². The first-order chi connectivity index (χ1) is 4.41. The molecular weight excluding hydrogens is 125 g/mol. The molecule has 0 atom stereocenters. The molecule has 0 fully saturated rings. The molecular formula is C7H10AlN. The Morgan fingerprint density at radius 1 is 1.22 bits per heavy atom. The average Bonchev–Trinajstić information content (AvgIpc) is 1.94. The van der Waals surface area contributed by atoms with Crippen molar-refractivity contribution in [1.29, 1.82) is 5.26 Å². The molecule has 0 rings (SSSR count). The molecule has 0 saturated carbocycles. The third kappa shape index (κ3) is 18.5. The van der Waals surface area contributed by atoms with Crippen molar-refractivity contribution in [1.82, 2.24) is 0 Å². The van der Waals surface area contributed by atoms with Crippen molar-refractivity contribution in [2.24, 2.45) is 0 Å². The van der Waals surface area contributed by atoms with E-state index in [0.717, 1.165) is 0 Å². The molecule has 1 nitrogen and oxygen atoms in total. The first-order valence-electron chi connectivity index (χ1n) is 2.67. The fraction of sp³-hybridized carbons (Fsp3) is 0.286. The molecule has 0 aliphatic heterocycles. The monoisotopic (exact) mass is 135 g/mol. The van der Waals surface area contributed by atoms with Gasteiger partial charge >= 0.3 is 51.1 Å². The smallest absolute Gasteiger partial charge is 0.488 e. The summed E-state index contributed by atoms with van der Waals surface area (Å²) in [4.78, 5) is 0. The summed E-state index contributed by atoms with van der Waals surface area (Å²) in [5, 5.41) is 8.65. The van der Waals surface area contributed by atoms with E-state index in [1.807, 2.05) is 12.2 Å². The van der Waals surface area contributed by atoms with Crippen LogP contribution in [0.4, 0.5) is 0 Å². The van der Waals surface area contributed by atoms with Crippen LogP contribution in [-0.4, -0.2) is 15.2 Å². The molecule has 0 radical (unpaired) electrons. The Hall–Kier alpha value is -0.498. The van der Waals surface area contributed by atoms with E-state index in [1.54, 1.807) is 0 Å². The summed E-state index contributed by atoms with van der Waals surface area (Å²) in [6.45, 7) is 12.0. The van der Waals surface area contributed by atoms with Gasteiger partial charge in [0.25, 0.3) is 0 Å². The normalized spacial score (nSPS) is 5.56. The first kappa shape index (κ1) is 11.3. The van der Waals surface area contributed by atoms with Gasteiger partial charge in [0, 0.05) is 0 Å². The van der Waals surface area contributed by atoms with Gasteiger partial charge in [-0.15, -0.1) is 0 Å². The zero-order valence-electron chi connectivity index (χ0n) is 5.51. The van der Waals surface area contributed by atoms with E-state index in [1.165, 1.54) is 10.6 Å². The molecule has 0 aliphatic carbocycles.